The van der Waals surface area contributed by atoms with Crippen LogP contribution < -0.4 is 26.2 Å². The standard InChI is InChI=1S/C26H29F2N7O2/c1-14(2)32-24(36)16-9-8-15(3)17(12-16)21-18-13-31-25(30-11-10-29-4)34-23(18)35(26(37)33-21)22-19(27)6-5-7-20(22)28/h5-9,12-14,21,29H,10-11H2,1-4H3,(H,32,36)(H,33,37)(H,30,31,34). The molecular formula is C26H29F2N7O2. The maximum Gasteiger partial charge on any atom is 0.328 e. The summed E-state index contributed by atoms with van der Waals surface area (Å²) in [4.78, 5) is 35.8. The van der Waals surface area contributed by atoms with Gasteiger partial charge in [-0.05, 0) is 63.2 Å². The molecule has 3 aromatic rings. The fourth-order valence-corrected chi connectivity index (χ4v) is 4.10. The van der Waals surface area contributed by atoms with E-state index in [1.165, 1.54) is 12.3 Å². The van der Waals surface area contributed by atoms with Crippen molar-refractivity contribution in [1.82, 2.24) is 25.9 Å². The van der Waals surface area contributed by atoms with Gasteiger partial charge in [-0.3, -0.25) is 4.79 Å². The number of carbonyl (C=O) groups is 2. The number of fused-ring (bicyclic) bond motifs is 1. The van der Waals surface area contributed by atoms with E-state index in [2.05, 4.69) is 31.2 Å². The molecule has 1 unspecified atom stereocenters. The number of nitrogens with zero attached hydrogens (tertiary/aromatic N) is 3. The number of hydrogen-bond donors (Lipinski definition) is 4. The van der Waals surface area contributed by atoms with E-state index in [-0.39, 0.29) is 23.7 Å². The third-order valence-electron chi connectivity index (χ3n) is 5.88. The van der Waals surface area contributed by atoms with Crippen LogP contribution in [-0.2, 0) is 0 Å². The van der Waals surface area contributed by atoms with Gasteiger partial charge in [0.2, 0.25) is 5.95 Å². The van der Waals surface area contributed by atoms with Gasteiger partial charge in [0.25, 0.3) is 5.91 Å². The van der Waals surface area contributed by atoms with E-state index in [1.54, 1.807) is 25.2 Å². The van der Waals surface area contributed by atoms with Crippen molar-refractivity contribution in [2.75, 3.05) is 30.4 Å². The zero-order chi connectivity index (χ0) is 26.7. The zero-order valence-electron chi connectivity index (χ0n) is 21.0. The SMILES string of the molecule is CNCCNc1ncc2c(n1)N(c1c(F)cccc1F)C(=O)NC2c1cc(C(=O)NC(C)C)ccc1C. The average molecular weight is 510 g/mol. The minimum atomic E-state index is -0.911. The number of para-hydroxylation sites is 1. The van der Waals surface area contributed by atoms with Crippen LogP contribution in [0.15, 0.2) is 42.6 Å². The van der Waals surface area contributed by atoms with Crippen molar-refractivity contribution in [3.05, 3.63) is 76.5 Å². The molecule has 1 aliphatic heterocycles. The highest BCUT2D eigenvalue weighted by Gasteiger charge is 2.38. The number of rotatable bonds is 8. The summed E-state index contributed by atoms with van der Waals surface area (Å²) in [6.45, 7) is 6.69. The second-order valence-electron chi connectivity index (χ2n) is 8.99. The summed E-state index contributed by atoms with van der Waals surface area (Å²) in [5.74, 6) is -1.84. The Kier molecular flexibility index (Phi) is 7.63. The molecule has 194 valence electrons. The molecule has 1 atom stereocenters. The summed E-state index contributed by atoms with van der Waals surface area (Å²) in [5.41, 5.74) is 1.74. The van der Waals surface area contributed by atoms with E-state index in [9.17, 15) is 18.4 Å². The van der Waals surface area contributed by atoms with Crippen molar-refractivity contribution in [3.63, 3.8) is 0 Å². The Morgan fingerprint density at radius 3 is 2.54 bits per heavy atom. The fourth-order valence-electron chi connectivity index (χ4n) is 4.10. The molecule has 0 spiro atoms. The number of carbonyl (C=O) groups excluding carboxylic acids is 2. The Morgan fingerprint density at radius 2 is 1.86 bits per heavy atom. The molecule has 37 heavy (non-hydrogen) atoms. The van der Waals surface area contributed by atoms with Gasteiger partial charge in [0.15, 0.2) is 5.82 Å². The van der Waals surface area contributed by atoms with Gasteiger partial charge in [-0.2, -0.15) is 4.98 Å². The molecule has 0 fully saturated rings. The molecule has 1 aromatic heterocycles. The highest BCUT2D eigenvalue weighted by molar-refractivity contribution is 6.02. The van der Waals surface area contributed by atoms with Crippen molar-refractivity contribution >= 4 is 29.4 Å². The quantitative estimate of drug-likeness (QED) is 0.344. The van der Waals surface area contributed by atoms with E-state index in [0.717, 1.165) is 22.6 Å². The van der Waals surface area contributed by atoms with Gasteiger partial charge in [0.05, 0.1) is 6.04 Å². The number of nitrogens with one attached hydrogen (secondary N) is 4. The molecule has 1 aliphatic rings. The lowest BCUT2D eigenvalue weighted by molar-refractivity contribution is 0.0943. The normalized spacial score (nSPS) is 14.8. The highest BCUT2D eigenvalue weighted by atomic mass is 19.1. The Bertz CT molecular complexity index is 1310. The number of anilines is 3. The molecule has 0 bridgehead atoms. The van der Waals surface area contributed by atoms with Crippen molar-refractivity contribution < 1.29 is 18.4 Å². The zero-order valence-corrected chi connectivity index (χ0v) is 21.0. The van der Waals surface area contributed by atoms with Crippen LogP contribution in [0.5, 0.6) is 0 Å². The summed E-state index contributed by atoms with van der Waals surface area (Å²) in [6, 6.07) is 6.98. The summed E-state index contributed by atoms with van der Waals surface area (Å²) < 4.78 is 29.6. The number of benzene rings is 2. The topological polar surface area (TPSA) is 111 Å². The smallest absolute Gasteiger partial charge is 0.328 e. The monoisotopic (exact) mass is 509 g/mol. The van der Waals surface area contributed by atoms with E-state index in [4.69, 9.17) is 0 Å². The predicted molar refractivity (Wildman–Crippen MR) is 137 cm³/mol. The molecule has 0 saturated carbocycles. The number of halogens is 2. The molecule has 11 heteroatoms. The fraction of sp³-hybridized carbons (Fsp3) is 0.308. The predicted octanol–water partition coefficient (Wildman–Crippen LogP) is 3.78. The molecule has 2 heterocycles. The summed E-state index contributed by atoms with van der Waals surface area (Å²) in [5, 5.41) is 11.7. The van der Waals surface area contributed by atoms with Gasteiger partial charge in [-0.15, -0.1) is 0 Å². The lowest BCUT2D eigenvalue weighted by atomic mass is 9.92. The third-order valence-corrected chi connectivity index (χ3v) is 5.88. The van der Waals surface area contributed by atoms with Crippen molar-refractivity contribution in [2.45, 2.75) is 32.9 Å². The van der Waals surface area contributed by atoms with E-state index >= 15 is 0 Å². The number of amides is 3. The van der Waals surface area contributed by atoms with Crippen LogP contribution in [0.25, 0.3) is 0 Å². The van der Waals surface area contributed by atoms with Crippen molar-refractivity contribution in [2.24, 2.45) is 0 Å². The van der Waals surface area contributed by atoms with E-state index < -0.39 is 29.4 Å². The minimum absolute atomic E-state index is 0.0381. The largest absolute Gasteiger partial charge is 0.353 e. The van der Waals surface area contributed by atoms with E-state index in [1.807, 2.05) is 20.8 Å². The first-order chi connectivity index (χ1) is 17.7. The summed E-state index contributed by atoms with van der Waals surface area (Å²) in [7, 11) is 1.80. The lowest BCUT2D eigenvalue weighted by Crippen LogP contribution is -2.46. The van der Waals surface area contributed by atoms with Gasteiger partial charge >= 0.3 is 6.03 Å². The molecule has 0 saturated heterocycles. The van der Waals surface area contributed by atoms with Gasteiger partial charge < -0.3 is 21.3 Å². The number of likely N-dealkylation sites (N-methyl/N-ethyl adjacent to an activating group) is 1. The van der Waals surface area contributed by atoms with Crippen molar-refractivity contribution in [3.8, 4) is 0 Å². The Morgan fingerprint density at radius 1 is 1.14 bits per heavy atom. The van der Waals surface area contributed by atoms with Crippen molar-refractivity contribution in [1.29, 1.82) is 0 Å². The lowest BCUT2D eigenvalue weighted by Gasteiger charge is -2.35. The maximum absolute atomic E-state index is 14.8. The molecule has 3 amide bonds. The van der Waals surface area contributed by atoms with Gasteiger partial charge in [-0.25, -0.2) is 23.5 Å². The van der Waals surface area contributed by atoms with Crippen LogP contribution in [0.4, 0.5) is 31.0 Å². The summed E-state index contributed by atoms with van der Waals surface area (Å²) in [6.07, 6.45) is 1.51. The number of aryl methyl sites for hydroxylation is 1. The molecule has 0 aliphatic carbocycles. The number of urea groups is 1. The third kappa shape index (κ3) is 5.36. The molecular weight excluding hydrogens is 480 g/mol. The first-order valence-corrected chi connectivity index (χ1v) is 11.9. The van der Waals surface area contributed by atoms with Crippen LogP contribution in [-0.4, -0.2) is 48.1 Å². The maximum atomic E-state index is 14.8. The molecule has 4 rings (SSSR count). The van der Waals surface area contributed by atoms with Gasteiger partial charge in [0, 0.05) is 36.5 Å². The molecule has 0 radical (unpaired) electrons. The Balaban J connectivity index is 1.85. The Hall–Kier alpha value is -4.12. The Labute approximate surface area is 213 Å². The van der Waals surface area contributed by atoms with Crippen LogP contribution in [0.3, 0.4) is 0 Å². The molecule has 2 aromatic carbocycles. The number of hydrogen-bond acceptors (Lipinski definition) is 6. The first-order valence-electron chi connectivity index (χ1n) is 11.9. The van der Waals surface area contributed by atoms with Crippen LogP contribution in [0.1, 0.15) is 46.9 Å². The van der Waals surface area contributed by atoms with E-state index in [0.29, 0.717) is 29.8 Å². The van der Waals surface area contributed by atoms with Crippen LogP contribution >= 0.6 is 0 Å². The second-order valence-corrected chi connectivity index (χ2v) is 8.99. The van der Waals surface area contributed by atoms with Gasteiger partial charge in [-0.1, -0.05) is 12.1 Å². The minimum Gasteiger partial charge on any atom is -0.353 e. The van der Waals surface area contributed by atoms with Crippen LogP contribution in [0, 0.1) is 18.6 Å². The summed E-state index contributed by atoms with van der Waals surface area (Å²) >= 11 is 0. The highest BCUT2D eigenvalue weighted by Crippen LogP contribution is 2.40. The second kappa shape index (κ2) is 10.9. The van der Waals surface area contributed by atoms with Crippen LogP contribution in [0.2, 0.25) is 0 Å². The molecule has 9 nitrogen and oxygen atoms in total. The first kappa shape index (κ1) is 26.0. The number of aromatic nitrogens is 2. The average Bonchev–Trinajstić information content (AvgIpc) is 2.85. The molecule has 4 N–H and O–H groups in total. The van der Waals surface area contributed by atoms with Gasteiger partial charge in [0.1, 0.15) is 17.3 Å².